The van der Waals surface area contributed by atoms with Crippen LogP contribution in [0.15, 0.2) is 18.2 Å². The summed E-state index contributed by atoms with van der Waals surface area (Å²) in [5.41, 5.74) is 0.0602. The van der Waals surface area contributed by atoms with Crippen LogP contribution < -0.4 is 0 Å². The predicted molar refractivity (Wildman–Crippen MR) is 75.5 cm³/mol. The van der Waals surface area contributed by atoms with Crippen molar-refractivity contribution in [2.75, 3.05) is 39.3 Å². The van der Waals surface area contributed by atoms with E-state index in [0.29, 0.717) is 26.2 Å². The summed E-state index contributed by atoms with van der Waals surface area (Å²) in [4.78, 5) is 16.1. The van der Waals surface area contributed by atoms with Gasteiger partial charge in [0.2, 0.25) is 0 Å². The fourth-order valence-electron chi connectivity index (χ4n) is 2.37. The van der Waals surface area contributed by atoms with Crippen molar-refractivity contribution in [1.82, 2.24) is 9.80 Å². The first-order chi connectivity index (χ1) is 9.61. The SMILES string of the molecule is O=C(c1ccc(Cl)cc1F)N1CCCN(CCO)CC1. The van der Waals surface area contributed by atoms with Crippen molar-refractivity contribution in [2.45, 2.75) is 6.42 Å². The van der Waals surface area contributed by atoms with E-state index in [1.165, 1.54) is 12.1 Å². The number of benzene rings is 1. The van der Waals surface area contributed by atoms with Crippen molar-refractivity contribution in [3.8, 4) is 0 Å². The van der Waals surface area contributed by atoms with Gasteiger partial charge < -0.3 is 10.0 Å². The summed E-state index contributed by atoms with van der Waals surface area (Å²) in [7, 11) is 0. The lowest BCUT2D eigenvalue weighted by Crippen LogP contribution is -2.36. The first-order valence-electron chi connectivity index (χ1n) is 6.69. The number of aliphatic hydroxyl groups excluding tert-OH is 1. The molecule has 0 saturated carbocycles. The number of halogens is 2. The van der Waals surface area contributed by atoms with Gasteiger partial charge in [0.1, 0.15) is 5.82 Å². The molecule has 0 aromatic heterocycles. The van der Waals surface area contributed by atoms with E-state index in [0.717, 1.165) is 19.0 Å². The summed E-state index contributed by atoms with van der Waals surface area (Å²) in [5.74, 6) is -0.885. The Kier molecular flexibility index (Phi) is 5.34. The molecule has 1 amide bonds. The summed E-state index contributed by atoms with van der Waals surface area (Å²) in [6, 6.07) is 4.11. The Labute approximate surface area is 122 Å². The molecule has 0 spiro atoms. The third kappa shape index (κ3) is 3.69. The molecular weight excluding hydrogens is 283 g/mol. The minimum Gasteiger partial charge on any atom is -0.395 e. The lowest BCUT2D eigenvalue weighted by atomic mass is 10.2. The van der Waals surface area contributed by atoms with Gasteiger partial charge in [-0.3, -0.25) is 9.69 Å². The average Bonchev–Trinajstić information content (AvgIpc) is 2.64. The van der Waals surface area contributed by atoms with Crippen molar-refractivity contribution in [1.29, 1.82) is 0 Å². The van der Waals surface area contributed by atoms with E-state index in [9.17, 15) is 9.18 Å². The molecule has 1 N–H and O–H groups in total. The fraction of sp³-hybridized carbons (Fsp3) is 0.500. The van der Waals surface area contributed by atoms with E-state index in [2.05, 4.69) is 4.90 Å². The van der Waals surface area contributed by atoms with Crippen LogP contribution in [0.4, 0.5) is 4.39 Å². The fourth-order valence-corrected chi connectivity index (χ4v) is 2.53. The van der Waals surface area contributed by atoms with Crippen molar-refractivity contribution in [3.05, 3.63) is 34.6 Å². The maximum Gasteiger partial charge on any atom is 0.256 e. The Morgan fingerprint density at radius 3 is 2.80 bits per heavy atom. The van der Waals surface area contributed by atoms with E-state index < -0.39 is 5.82 Å². The molecule has 1 saturated heterocycles. The first kappa shape index (κ1) is 15.2. The lowest BCUT2D eigenvalue weighted by molar-refractivity contribution is 0.0756. The number of carbonyl (C=O) groups excluding carboxylic acids is 1. The molecule has 110 valence electrons. The summed E-state index contributed by atoms with van der Waals surface area (Å²) >= 11 is 5.69. The van der Waals surface area contributed by atoms with Gasteiger partial charge in [-0.05, 0) is 31.2 Å². The summed E-state index contributed by atoms with van der Waals surface area (Å²) in [6.45, 7) is 3.40. The Morgan fingerprint density at radius 1 is 1.30 bits per heavy atom. The highest BCUT2D eigenvalue weighted by atomic mass is 35.5. The number of carbonyl (C=O) groups is 1. The number of amides is 1. The molecule has 1 aliphatic heterocycles. The molecule has 6 heteroatoms. The molecule has 4 nitrogen and oxygen atoms in total. The largest absolute Gasteiger partial charge is 0.395 e. The van der Waals surface area contributed by atoms with Gasteiger partial charge in [-0.2, -0.15) is 0 Å². The highest BCUT2D eigenvalue weighted by Crippen LogP contribution is 2.17. The van der Waals surface area contributed by atoms with E-state index in [1.54, 1.807) is 4.90 Å². The van der Waals surface area contributed by atoms with Gasteiger partial charge in [0.25, 0.3) is 5.91 Å². The summed E-state index contributed by atoms with van der Waals surface area (Å²) < 4.78 is 13.8. The van der Waals surface area contributed by atoms with Crippen molar-refractivity contribution in [2.24, 2.45) is 0 Å². The molecule has 0 radical (unpaired) electrons. The highest BCUT2D eigenvalue weighted by Gasteiger charge is 2.22. The molecule has 2 rings (SSSR count). The van der Waals surface area contributed by atoms with Gasteiger partial charge in [-0.1, -0.05) is 11.6 Å². The topological polar surface area (TPSA) is 43.8 Å². The molecule has 0 bridgehead atoms. The highest BCUT2D eigenvalue weighted by molar-refractivity contribution is 6.30. The number of rotatable bonds is 3. The van der Waals surface area contributed by atoms with Crippen LogP contribution in [0, 0.1) is 5.82 Å². The molecule has 1 aliphatic rings. The van der Waals surface area contributed by atoms with E-state index in [1.807, 2.05) is 0 Å². The Hall–Kier alpha value is -1.17. The molecule has 0 atom stereocenters. The van der Waals surface area contributed by atoms with Gasteiger partial charge in [0.05, 0.1) is 12.2 Å². The number of aliphatic hydroxyl groups is 1. The Bertz CT molecular complexity index is 484. The zero-order chi connectivity index (χ0) is 14.5. The number of hydrogen-bond acceptors (Lipinski definition) is 3. The molecule has 1 aromatic rings. The second-order valence-corrected chi connectivity index (χ2v) is 5.27. The molecule has 1 aromatic carbocycles. The smallest absolute Gasteiger partial charge is 0.256 e. The molecule has 0 unspecified atom stereocenters. The van der Waals surface area contributed by atoms with Gasteiger partial charge >= 0.3 is 0 Å². The van der Waals surface area contributed by atoms with Crippen molar-refractivity contribution >= 4 is 17.5 Å². The zero-order valence-electron chi connectivity index (χ0n) is 11.2. The molecular formula is C14H18ClFN2O2. The van der Waals surface area contributed by atoms with Gasteiger partial charge in [0, 0.05) is 31.2 Å². The minimum absolute atomic E-state index is 0.0602. The number of β-amino-alcohol motifs (C(OH)–C–C–N with tert-alkyl or cyclic N) is 1. The maximum atomic E-state index is 13.8. The molecule has 20 heavy (non-hydrogen) atoms. The first-order valence-corrected chi connectivity index (χ1v) is 7.07. The molecule has 1 heterocycles. The van der Waals surface area contributed by atoms with Crippen LogP contribution >= 0.6 is 11.6 Å². The molecule has 0 aliphatic carbocycles. The minimum atomic E-state index is -0.584. The Balaban J connectivity index is 2.05. The van der Waals surface area contributed by atoms with Crippen molar-refractivity contribution in [3.63, 3.8) is 0 Å². The van der Waals surface area contributed by atoms with Gasteiger partial charge in [-0.15, -0.1) is 0 Å². The third-order valence-corrected chi connectivity index (χ3v) is 3.69. The van der Waals surface area contributed by atoms with Crippen LogP contribution in [-0.2, 0) is 0 Å². The molecule has 1 fully saturated rings. The normalized spacial score (nSPS) is 17.1. The second kappa shape index (κ2) is 7.02. The van der Waals surface area contributed by atoms with Crippen LogP contribution in [-0.4, -0.2) is 60.1 Å². The lowest BCUT2D eigenvalue weighted by Gasteiger charge is -2.21. The Morgan fingerprint density at radius 2 is 2.10 bits per heavy atom. The quantitative estimate of drug-likeness (QED) is 0.922. The second-order valence-electron chi connectivity index (χ2n) is 4.84. The van der Waals surface area contributed by atoms with Crippen molar-refractivity contribution < 1.29 is 14.3 Å². The van der Waals surface area contributed by atoms with Crippen LogP contribution in [0.2, 0.25) is 5.02 Å². The van der Waals surface area contributed by atoms with E-state index in [4.69, 9.17) is 16.7 Å². The van der Waals surface area contributed by atoms with Gasteiger partial charge in [-0.25, -0.2) is 4.39 Å². The average molecular weight is 301 g/mol. The van der Waals surface area contributed by atoms with E-state index >= 15 is 0 Å². The standard InChI is InChI=1S/C14H18ClFN2O2/c15-11-2-3-12(13(16)10-11)14(20)18-5-1-4-17(6-7-18)8-9-19/h2-3,10,19H,1,4-9H2. The summed E-state index contributed by atoms with van der Waals surface area (Å²) in [5, 5.41) is 9.22. The van der Waals surface area contributed by atoms with Crippen LogP contribution in [0.1, 0.15) is 16.8 Å². The number of nitrogens with zero attached hydrogens (tertiary/aromatic N) is 2. The summed E-state index contributed by atoms with van der Waals surface area (Å²) in [6.07, 6.45) is 0.820. The van der Waals surface area contributed by atoms with Crippen LogP contribution in [0.25, 0.3) is 0 Å². The van der Waals surface area contributed by atoms with Gasteiger partial charge in [0.15, 0.2) is 0 Å². The van der Waals surface area contributed by atoms with Crippen LogP contribution in [0.5, 0.6) is 0 Å². The van der Waals surface area contributed by atoms with Crippen LogP contribution in [0.3, 0.4) is 0 Å². The predicted octanol–water partition coefficient (Wildman–Crippen LogP) is 1.62. The zero-order valence-corrected chi connectivity index (χ0v) is 11.9. The third-order valence-electron chi connectivity index (χ3n) is 3.45. The number of hydrogen-bond donors (Lipinski definition) is 1. The monoisotopic (exact) mass is 300 g/mol. The van der Waals surface area contributed by atoms with E-state index in [-0.39, 0.29) is 23.1 Å². The maximum absolute atomic E-state index is 13.8.